The molecule has 0 saturated carbocycles. The first kappa shape index (κ1) is 14.9. The highest BCUT2D eigenvalue weighted by Gasteiger charge is 2.14. The molecule has 1 unspecified atom stereocenters. The van der Waals surface area contributed by atoms with Gasteiger partial charge in [-0.25, -0.2) is 0 Å². The van der Waals surface area contributed by atoms with Gasteiger partial charge in [-0.05, 0) is 13.5 Å². The van der Waals surface area contributed by atoms with Crippen molar-refractivity contribution < 1.29 is 14.6 Å². The second-order valence-corrected chi connectivity index (χ2v) is 3.46. The van der Waals surface area contributed by atoms with Crippen molar-refractivity contribution >= 4 is 5.97 Å². The van der Waals surface area contributed by atoms with Crippen LogP contribution in [0.25, 0.3) is 0 Å². The van der Waals surface area contributed by atoms with E-state index in [2.05, 4.69) is 6.07 Å². The molecule has 0 aliphatic rings. The topological polar surface area (TPSA) is 73.6 Å². The van der Waals surface area contributed by atoms with E-state index in [-0.39, 0.29) is 12.4 Å². The Kier molecular flexibility index (Phi) is 8.49. The molecule has 0 bridgehead atoms. The van der Waals surface area contributed by atoms with Crippen LogP contribution in [0.15, 0.2) is 0 Å². The summed E-state index contributed by atoms with van der Waals surface area (Å²) in [5.74, 6) is -0.383. The second-order valence-electron chi connectivity index (χ2n) is 3.46. The third-order valence-electron chi connectivity index (χ3n) is 2.16. The van der Waals surface area contributed by atoms with E-state index in [9.17, 15) is 9.90 Å². The van der Waals surface area contributed by atoms with Crippen LogP contribution in [0, 0.1) is 11.3 Å². The lowest BCUT2D eigenvalue weighted by Crippen LogP contribution is -2.34. The maximum absolute atomic E-state index is 11.1. The van der Waals surface area contributed by atoms with Crippen molar-refractivity contribution in [2.24, 2.45) is 0 Å². The van der Waals surface area contributed by atoms with Gasteiger partial charge in [0.1, 0.15) is 0 Å². The zero-order chi connectivity index (χ0) is 12.4. The summed E-state index contributed by atoms with van der Waals surface area (Å²) in [6.07, 6.45) is -0.283. The van der Waals surface area contributed by atoms with Crippen LogP contribution in [0.2, 0.25) is 0 Å². The monoisotopic (exact) mass is 228 g/mol. The predicted octanol–water partition coefficient (Wildman–Crippen LogP) is 0.536. The number of nitriles is 1. The fraction of sp³-hybridized carbons (Fsp3) is 0.818. The van der Waals surface area contributed by atoms with Crippen LogP contribution in [0.4, 0.5) is 0 Å². The van der Waals surface area contributed by atoms with Gasteiger partial charge in [0.2, 0.25) is 0 Å². The molecule has 0 rings (SSSR count). The minimum absolute atomic E-state index is 0.0108. The molecular formula is C11H20N2O3. The number of aliphatic hydroxyl groups is 1. The molecule has 0 saturated heterocycles. The number of carbonyl (C=O) groups excluding carboxylic acids is 1. The molecule has 5 nitrogen and oxygen atoms in total. The number of ether oxygens (including phenoxy) is 1. The summed E-state index contributed by atoms with van der Waals surface area (Å²) < 4.78 is 4.74. The van der Waals surface area contributed by atoms with Gasteiger partial charge >= 0.3 is 5.97 Å². The Morgan fingerprint density at radius 2 is 2.25 bits per heavy atom. The summed E-state index contributed by atoms with van der Waals surface area (Å²) in [4.78, 5) is 13.0. The van der Waals surface area contributed by atoms with Crippen LogP contribution in [0.3, 0.4) is 0 Å². The molecule has 0 radical (unpaired) electrons. The quantitative estimate of drug-likeness (QED) is 0.614. The minimum atomic E-state index is -0.724. The highest BCUT2D eigenvalue weighted by atomic mass is 16.5. The largest absolute Gasteiger partial charge is 0.466 e. The van der Waals surface area contributed by atoms with Gasteiger partial charge in [0.15, 0.2) is 0 Å². The number of aliphatic hydroxyl groups excluding tert-OH is 1. The van der Waals surface area contributed by atoms with Gasteiger partial charge in [0.05, 0.1) is 25.2 Å². The SMILES string of the molecule is CCOC(=O)CC(O)CN(CC)CCC#N. The molecule has 0 amide bonds. The number of hydrogen-bond donors (Lipinski definition) is 1. The second kappa shape index (κ2) is 9.13. The number of nitrogens with zero attached hydrogens (tertiary/aromatic N) is 2. The molecule has 5 heteroatoms. The third kappa shape index (κ3) is 7.21. The molecule has 0 aromatic carbocycles. The van der Waals surface area contributed by atoms with E-state index in [1.165, 1.54) is 0 Å². The van der Waals surface area contributed by atoms with Gasteiger partial charge < -0.3 is 14.7 Å². The van der Waals surface area contributed by atoms with E-state index in [1.807, 2.05) is 11.8 Å². The molecule has 1 atom stereocenters. The van der Waals surface area contributed by atoms with Crippen LogP contribution in [-0.4, -0.2) is 48.3 Å². The normalized spacial score (nSPS) is 12.2. The Bertz CT molecular complexity index is 238. The van der Waals surface area contributed by atoms with E-state index in [0.29, 0.717) is 26.1 Å². The van der Waals surface area contributed by atoms with Crippen LogP contribution in [0.5, 0.6) is 0 Å². The number of likely N-dealkylation sites (N-methyl/N-ethyl adjacent to an activating group) is 1. The van der Waals surface area contributed by atoms with Crippen LogP contribution < -0.4 is 0 Å². The molecule has 0 aliphatic heterocycles. The average molecular weight is 228 g/mol. The van der Waals surface area contributed by atoms with Crippen molar-refractivity contribution in [1.29, 1.82) is 5.26 Å². The summed E-state index contributed by atoms with van der Waals surface area (Å²) in [5, 5.41) is 18.1. The Balaban J connectivity index is 3.86. The van der Waals surface area contributed by atoms with Crippen molar-refractivity contribution in [1.82, 2.24) is 4.90 Å². The smallest absolute Gasteiger partial charge is 0.308 e. The van der Waals surface area contributed by atoms with Gasteiger partial charge in [-0.15, -0.1) is 0 Å². The van der Waals surface area contributed by atoms with Crippen molar-refractivity contribution in [2.75, 3.05) is 26.2 Å². The van der Waals surface area contributed by atoms with Crippen molar-refractivity contribution in [3.63, 3.8) is 0 Å². The summed E-state index contributed by atoms with van der Waals surface area (Å²) in [6.45, 7) is 5.78. The Hall–Kier alpha value is -1.12. The summed E-state index contributed by atoms with van der Waals surface area (Å²) in [6, 6.07) is 2.05. The molecule has 16 heavy (non-hydrogen) atoms. The van der Waals surface area contributed by atoms with E-state index < -0.39 is 6.10 Å². The van der Waals surface area contributed by atoms with E-state index >= 15 is 0 Å². The zero-order valence-corrected chi connectivity index (χ0v) is 9.98. The summed E-state index contributed by atoms with van der Waals surface area (Å²) in [7, 11) is 0. The molecule has 0 aromatic heterocycles. The molecule has 1 N–H and O–H groups in total. The van der Waals surface area contributed by atoms with Crippen LogP contribution in [0.1, 0.15) is 26.7 Å². The van der Waals surface area contributed by atoms with E-state index in [4.69, 9.17) is 10.00 Å². The first-order chi connectivity index (χ1) is 7.63. The minimum Gasteiger partial charge on any atom is -0.466 e. The fourth-order valence-electron chi connectivity index (χ4n) is 1.36. The Morgan fingerprint density at radius 3 is 2.75 bits per heavy atom. The molecule has 0 fully saturated rings. The van der Waals surface area contributed by atoms with Gasteiger partial charge in [0, 0.05) is 19.5 Å². The fourth-order valence-corrected chi connectivity index (χ4v) is 1.36. The summed E-state index contributed by atoms with van der Waals surface area (Å²) >= 11 is 0. The van der Waals surface area contributed by atoms with Gasteiger partial charge in [-0.2, -0.15) is 5.26 Å². The molecule has 0 heterocycles. The van der Waals surface area contributed by atoms with Crippen molar-refractivity contribution in [3.8, 4) is 6.07 Å². The number of carbonyl (C=O) groups is 1. The van der Waals surface area contributed by atoms with Gasteiger partial charge in [-0.3, -0.25) is 4.79 Å². The Morgan fingerprint density at radius 1 is 1.56 bits per heavy atom. The van der Waals surface area contributed by atoms with Crippen molar-refractivity contribution in [3.05, 3.63) is 0 Å². The molecule has 92 valence electrons. The Labute approximate surface area is 96.6 Å². The van der Waals surface area contributed by atoms with Crippen molar-refractivity contribution in [2.45, 2.75) is 32.8 Å². The summed E-state index contributed by atoms with van der Waals surface area (Å²) in [5.41, 5.74) is 0. The maximum atomic E-state index is 11.1. The molecule has 0 aromatic rings. The zero-order valence-electron chi connectivity index (χ0n) is 9.98. The highest BCUT2D eigenvalue weighted by molar-refractivity contribution is 5.69. The van der Waals surface area contributed by atoms with Gasteiger partial charge in [-0.1, -0.05) is 6.92 Å². The highest BCUT2D eigenvalue weighted by Crippen LogP contribution is 2.00. The van der Waals surface area contributed by atoms with Crippen LogP contribution in [-0.2, 0) is 9.53 Å². The maximum Gasteiger partial charge on any atom is 0.308 e. The molecule has 0 aliphatic carbocycles. The lowest BCUT2D eigenvalue weighted by Gasteiger charge is -2.21. The molecular weight excluding hydrogens is 208 g/mol. The van der Waals surface area contributed by atoms with Crippen LogP contribution >= 0.6 is 0 Å². The van der Waals surface area contributed by atoms with E-state index in [0.717, 1.165) is 6.54 Å². The average Bonchev–Trinajstić information content (AvgIpc) is 2.24. The van der Waals surface area contributed by atoms with E-state index in [1.54, 1.807) is 6.92 Å². The number of rotatable bonds is 8. The lowest BCUT2D eigenvalue weighted by atomic mass is 10.2. The number of hydrogen-bond acceptors (Lipinski definition) is 5. The first-order valence-corrected chi connectivity index (χ1v) is 5.57. The third-order valence-corrected chi connectivity index (χ3v) is 2.16. The number of esters is 1. The lowest BCUT2D eigenvalue weighted by molar-refractivity contribution is -0.145. The van der Waals surface area contributed by atoms with Gasteiger partial charge in [0.25, 0.3) is 0 Å². The first-order valence-electron chi connectivity index (χ1n) is 5.57. The predicted molar refractivity (Wildman–Crippen MR) is 59.6 cm³/mol. The molecule has 0 spiro atoms. The standard InChI is InChI=1S/C11H20N2O3/c1-3-13(7-5-6-12)9-10(14)8-11(15)16-4-2/h10,14H,3-5,7-9H2,1-2H3.